The van der Waals surface area contributed by atoms with Gasteiger partial charge in [0.15, 0.2) is 5.82 Å². The largest absolute Gasteiger partial charge is 0.376 e. The Hall–Kier alpha value is -2.78. The van der Waals surface area contributed by atoms with Crippen molar-refractivity contribution >= 4 is 28.6 Å². The summed E-state index contributed by atoms with van der Waals surface area (Å²) < 4.78 is 7.86. The zero-order valence-corrected chi connectivity index (χ0v) is 17.6. The minimum Gasteiger partial charge on any atom is -0.376 e. The first-order valence-electron chi connectivity index (χ1n) is 10.7. The van der Waals surface area contributed by atoms with Crippen LogP contribution in [-0.4, -0.2) is 63.6 Å². The summed E-state index contributed by atoms with van der Waals surface area (Å²) in [5.41, 5.74) is 3.84. The van der Waals surface area contributed by atoms with E-state index in [2.05, 4.69) is 27.4 Å². The third-order valence-corrected chi connectivity index (χ3v) is 5.71. The maximum absolute atomic E-state index is 5.86. The molecule has 5 heterocycles. The molecule has 0 amide bonds. The zero-order chi connectivity index (χ0) is 20.5. The van der Waals surface area contributed by atoms with E-state index in [0.717, 1.165) is 85.5 Å². The van der Waals surface area contributed by atoms with Crippen LogP contribution in [0, 0.1) is 13.8 Å². The second-order valence-corrected chi connectivity index (χ2v) is 8.05. The predicted octanol–water partition coefficient (Wildman–Crippen LogP) is 2.17. The number of hydrogen-bond acceptors (Lipinski definition) is 8. The second kappa shape index (κ2) is 8.16. The van der Waals surface area contributed by atoms with Gasteiger partial charge in [0, 0.05) is 39.0 Å². The lowest BCUT2D eigenvalue weighted by Crippen LogP contribution is -2.44. The van der Waals surface area contributed by atoms with Crippen LogP contribution in [0.4, 0.5) is 17.6 Å². The molecular weight excluding hydrogens is 380 g/mol. The van der Waals surface area contributed by atoms with Gasteiger partial charge < -0.3 is 20.3 Å². The first kappa shape index (κ1) is 19.2. The molecule has 3 aromatic rings. The van der Waals surface area contributed by atoms with E-state index in [0.29, 0.717) is 6.54 Å². The maximum atomic E-state index is 5.86. The van der Waals surface area contributed by atoms with E-state index in [1.165, 1.54) is 0 Å². The lowest BCUT2D eigenvalue weighted by molar-refractivity contribution is 0.0950. The molecule has 2 N–H and O–H groups in total. The van der Waals surface area contributed by atoms with Crippen molar-refractivity contribution in [2.24, 2.45) is 0 Å². The molecule has 2 fully saturated rings. The van der Waals surface area contributed by atoms with Crippen LogP contribution in [0.1, 0.15) is 24.1 Å². The number of aryl methyl sites for hydroxylation is 2. The number of ether oxygens (including phenoxy) is 1. The standard InChI is InChI=1S/C21H28N8O/c1-14-5-6-23-17(12-14)24-20-19-18(25-21(26-20)28-9-7-22-8-10-28)15(2)27-29(19)13-16-4-3-11-30-16/h5-6,12,16,22H,3-4,7-11,13H2,1-2H3,(H,23,24,25,26). The molecule has 1 unspecified atom stereocenters. The van der Waals surface area contributed by atoms with Crippen LogP contribution in [0.25, 0.3) is 11.0 Å². The molecule has 2 saturated heterocycles. The van der Waals surface area contributed by atoms with Crippen LogP contribution in [0.3, 0.4) is 0 Å². The Morgan fingerprint density at radius 3 is 2.87 bits per heavy atom. The fourth-order valence-corrected chi connectivity index (χ4v) is 4.15. The summed E-state index contributed by atoms with van der Waals surface area (Å²) in [7, 11) is 0. The van der Waals surface area contributed by atoms with Crippen LogP contribution in [0.2, 0.25) is 0 Å². The highest BCUT2D eigenvalue weighted by molar-refractivity contribution is 5.90. The normalized spacial score (nSPS) is 19.5. The summed E-state index contributed by atoms with van der Waals surface area (Å²) in [6.07, 6.45) is 4.15. The van der Waals surface area contributed by atoms with Gasteiger partial charge in [-0.25, -0.2) is 9.97 Å². The molecule has 9 heteroatoms. The van der Waals surface area contributed by atoms with Crippen LogP contribution in [-0.2, 0) is 11.3 Å². The number of fused-ring (bicyclic) bond motifs is 1. The average Bonchev–Trinajstić information content (AvgIpc) is 3.37. The fourth-order valence-electron chi connectivity index (χ4n) is 4.15. The summed E-state index contributed by atoms with van der Waals surface area (Å²) in [5.74, 6) is 2.24. The smallest absolute Gasteiger partial charge is 0.228 e. The maximum Gasteiger partial charge on any atom is 0.228 e. The van der Waals surface area contributed by atoms with Crippen molar-refractivity contribution in [2.75, 3.05) is 43.0 Å². The Morgan fingerprint density at radius 2 is 2.10 bits per heavy atom. The lowest BCUT2D eigenvalue weighted by Gasteiger charge is -2.27. The third-order valence-electron chi connectivity index (χ3n) is 5.71. The lowest BCUT2D eigenvalue weighted by atomic mass is 10.2. The summed E-state index contributed by atoms with van der Waals surface area (Å²) in [6.45, 7) is 9.23. The van der Waals surface area contributed by atoms with Gasteiger partial charge >= 0.3 is 0 Å². The SMILES string of the molecule is Cc1ccnc(Nc2nc(N3CCNCC3)nc3c(C)nn(CC4CCCO4)c23)c1. The zero-order valence-electron chi connectivity index (χ0n) is 17.6. The molecule has 0 bridgehead atoms. The molecule has 0 aliphatic carbocycles. The van der Waals surface area contributed by atoms with Crippen molar-refractivity contribution in [2.45, 2.75) is 39.3 Å². The van der Waals surface area contributed by atoms with E-state index in [-0.39, 0.29) is 6.10 Å². The first-order valence-corrected chi connectivity index (χ1v) is 10.7. The molecule has 158 valence electrons. The molecule has 0 saturated carbocycles. The van der Waals surface area contributed by atoms with Crippen LogP contribution < -0.4 is 15.5 Å². The monoisotopic (exact) mass is 408 g/mol. The minimum absolute atomic E-state index is 0.185. The Morgan fingerprint density at radius 1 is 1.23 bits per heavy atom. The number of piperazine rings is 1. The molecule has 2 aliphatic rings. The van der Waals surface area contributed by atoms with E-state index in [1.54, 1.807) is 0 Å². The van der Waals surface area contributed by atoms with Gasteiger partial charge in [-0.2, -0.15) is 10.1 Å². The number of rotatable bonds is 5. The summed E-state index contributed by atoms with van der Waals surface area (Å²) in [6, 6.07) is 4.00. The number of aromatic nitrogens is 5. The molecule has 0 aromatic carbocycles. The highest BCUT2D eigenvalue weighted by atomic mass is 16.5. The quantitative estimate of drug-likeness (QED) is 0.664. The minimum atomic E-state index is 0.185. The van der Waals surface area contributed by atoms with Gasteiger partial charge in [-0.3, -0.25) is 4.68 Å². The van der Waals surface area contributed by atoms with Crippen molar-refractivity contribution in [1.82, 2.24) is 30.0 Å². The second-order valence-electron chi connectivity index (χ2n) is 8.05. The van der Waals surface area contributed by atoms with Crippen molar-refractivity contribution < 1.29 is 4.74 Å². The van der Waals surface area contributed by atoms with Gasteiger partial charge in [0.25, 0.3) is 0 Å². The van der Waals surface area contributed by atoms with E-state index in [9.17, 15) is 0 Å². The van der Waals surface area contributed by atoms with Gasteiger partial charge in [-0.05, 0) is 44.4 Å². The molecule has 5 rings (SSSR count). The van der Waals surface area contributed by atoms with Gasteiger partial charge in [-0.15, -0.1) is 0 Å². The van der Waals surface area contributed by atoms with Gasteiger partial charge in [0.1, 0.15) is 16.9 Å². The van der Waals surface area contributed by atoms with Crippen LogP contribution in [0.5, 0.6) is 0 Å². The van der Waals surface area contributed by atoms with E-state index in [1.807, 2.05) is 29.9 Å². The predicted molar refractivity (Wildman–Crippen MR) is 116 cm³/mol. The first-order chi connectivity index (χ1) is 14.7. The third kappa shape index (κ3) is 3.82. The highest BCUT2D eigenvalue weighted by Gasteiger charge is 2.24. The highest BCUT2D eigenvalue weighted by Crippen LogP contribution is 2.29. The van der Waals surface area contributed by atoms with E-state index < -0.39 is 0 Å². The molecule has 9 nitrogen and oxygen atoms in total. The molecule has 1 atom stereocenters. The number of pyridine rings is 1. The van der Waals surface area contributed by atoms with Crippen molar-refractivity contribution in [3.05, 3.63) is 29.6 Å². The van der Waals surface area contributed by atoms with Gasteiger partial charge in [-0.1, -0.05) is 0 Å². The number of nitrogens with one attached hydrogen (secondary N) is 2. The molecule has 2 aliphatic heterocycles. The number of anilines is 3. The van der Waals surface area contributed by atoms with Gasteiger partial charge in [0.2, 0.25) is 5.95 Å². The fraction of sp³-hybridized carbons (Fsp3) is 0.524. The van der Waals surface area contributed by atoms with Crippen molar-refractivity contribution in [3.8, 4) is 0 Å². The van der Waals surface area contributed by atoms with Gasteiger partial charge in [0.05, 0.1) is 18.3 Å². The molecule has 3 aromatic heterocycles. The summed E-state index contributed by atoms with van der Waals surface area (Å²) >= 11 is 0. The van der Waals surface area contributed by atoms with E-state index in [4.69, 9.17) is 19.8 Å². The van der Waals surface area contributed by atoms with Crippen molar-refractivity contribution in [3.63, 3.8) is 0 Å². The van der Waals surface area contributed by atoms with Crippen LogP contribution >= 0.6 is 0 Å². The molecule has 30 heavy (non-hydrogen) atoms. The Bertz CT molecular complexity index is 1040. The Labute approximate surface area is 175 Å². The van der Waals surface area contributed by atoms with Crippen LogP contribution in [0.15, 0.2) is 18.3 Å². The van der Waals surface area contributed by atoms with E-state index >= 15 is 0 Å². The summed E-state index contributed by atoms with van der Waals surface area (Å²) in [4.78, 5) is 16.5. The number of nitrogens with zero attached hydrogens (tertiary/aromatic N) is 6. The Balaban J connectivity index is 1.60. The molecular formula is C21H28N8O. The van der Waals surface area contributed by atoms with Crippen molar-refractivity contribution in [1.29, 1.82) is 0 Å². The molecule has 0 radical (unpaired) electrons. The topological polar surface area (TPSA) is 93.0 Å². The summed E-state index contributed by atoms with van der Waals surface area (Å²) in [5, 5.41) is 11.6. The number of hydrogen-bond donors (Lipinski definition) is 2. The Kier molecular flexibility index (Phi) is 5.22. The molecule has 0 spiro atoms. The average molecular weight is 409 g/mol.